The molecule has 0 aromatic heterocycles. The largest absolute Gasteiger partial charge is 0.481 e. The monoisotopic (exact) mass is 694 g/mol. The van der Waals surface area contributed by atoms with Crippen molar-refractivity contribution in [2.24, 2.45) is 56.2 Å². The van der Waals surface area contributed by atoms with Gasteiger partial charge in [0.05, 0.1) is 17.3 Å². The molecular weight excluding hydrogens is 628 g/mol. The van der Waals surface area contributed by atoms with Crippen molar-refractivity contribution in [1.82, 2.24) is 10.2 Å². The van der Waals surface area contributed by atoms with Crippen molar-refractivity contribution in [2.45, 2.75) is 152 Å². The van der Waals surface area contributed by atoms with E-state index in [1.54, 1.807) is 13.8 Å². The lowest BCUT2D eigenvalue weighted by Crippen LogP contribution is -2.64. The molecule has 4 saturated carbocycles. The number of ketones is 1. The second-order valence-electron chi connectivity index (χ2n) is 20.0. The molecule has 1 heterocycles. The van der Waals surface area contributed by atoms with E-state index in [0.29, 0.717) is 30.8 Å². The van der Waals surface area contributed by atoms with Crippen LogP contribution < -0.4 is 5.32 Å². The number of nitrogens with one attached hydrogen (secondary N) is 1. The average Bonchev–Trinajstić information content (AvgIpc) is 3.57. The number of allylic oxidation sites excluding steroid dienone is 1. The highest BCUT2D eigenvalue weighted by Gasteiger charge is 2.70. The molecule has 50 heavy (non-hydrogen) atoms. The Kier molecular flexibility index (Phi) is 9.34. The molecule has 280 valence electrons. The fraction of sp³-hybridized carbons (Fsp3) is 0.857. The molecule has 1 aliphatic heterocycles. The molecule has 1 saturated heterocycles. The van der Waals surface area contributed by atoms with Crippen LogP contribution in [0.5, 0.6) is 0 Å². The van der Waals surface area contributed by atoms with Gasteiger partial charge >= 0.3 is 11.9 Å². The lowest BCUT2D eigenvalue weighted by atomic mass is 9.34. The van der Waals surface area contributed by atoms with Crippen LogP contribution in [-0.2, 0) is 23.9 Å². The van der Waals surface area contributed by atoms with E-state index in [9.17, 15) is 24.3 Å². The number of carbonyl (C=O) groups is 4. The highest BCUT2D eigenvalue weighted by molar-refractivity contribution is 6.00. The van der Waals surface area contributed by atoms with Crippen molar-refractivity contribution >= 4 is 23.6 Å². The first-order chi connectivity index (χ1) is 23.2. The van der Waals surface area contributed by atoms with Gasteiger partial charge in [-0.05, 0) is 131 Å². The molecular formula is C42H66N2O6. The summed E-state index contributed by atoms with van der Waals surface area (Å²) in [5.74, 6) is -0.268. The zero-order valence-electron chi connectivity index (χ0n) is 32.8. The third kappa shape index (κ3) is 5.45. The molecule has 2 N–H and O–H groups in total. The molecule has 1 amide bonds. The molecule has 8 heteroatoms. The van der Waals surface area contributed by atoms with E-state index in [-0.39, 0.29) is 57.7 Å². The number of rotatable bonds is 8. The maximum Gasteiger partial charge on any atom is 0.309 e. The van der Waals surface area contributed by atoms with Crippen molar-refractivity contribution < 1.29 is 29.0 Å². The SMILES string of the molecule is CC(C)C1C(=O)C[C@]2(C(=O)NC[C@@H]3CCCN3C)CC[C@]3(C)C(=C12)CCC1[C@@]2(C)CC[C@H](OC(=O)CC(C)(C)C(=O)O)C(C)(C)C2CC[C@]13C. The molecule has 0 aromatic rings. The normalized spacial score (nSPS) is 41.3. The van der Waals surface area contributed by atoms with Crippen LogP contribution >= 0.6 is 0 Å². The average molecular weight is 695 g/mol. The number of nitrogens with zero attached hydrogens (tertiary/aromatic N) is 1. The number of aliphatic carboxylic acids is 1. The number of likely N-dealkylation sites (N-methyl/N-ethyl adjacent to an activating group) is 1. The summed E-state index contributed by atoms with van der Waals surface area (Å²) in [6.45, 7) is 21.3. The first-order valence-corrected chi connectivity index (χ1v) is 19.8. The summed E-state index contributed by atoms with van der Waals surface area (Å²) in [4.78, 5) is 55.6. The standard InChI is InChI=1S/C42H66N2O6/c1-25(2)33-28(45)22-42(35(47)43-24-26-12-11-21-44(26)10)20-19-40(8)27(34(33)42)13-14-30-39(7)17-16-31(50-32(46)23-37(3,4)36(48)49)38(5,6)29(39)15-18-41(30,40)9/h25-26,29-31,33H,11-24H2,1-10H3,(H,43,47)(H,48,49)/t26-,29?,30?,31-,33?,39-,40+,41+,42+/m0/s1. The van der Waals surface area contributed by atoms with Crippen LogP contribution in [0.15, 0.2) is 11.1 Å². The topological polar surface area (TPSA) is 113 Å². The minimum atomic E-state index is -1.16. The van der Waals surface area contributed by atoms with Crippen molar-refractivity contribution in [2.75, 3.05) is 20.1 Å². The molecule has 0 spiro atoms. The molecule has 8 nitrogen and oxygen atoms in total. The maximum absolute atomic E-state index is 14.5. The Labute approximate surface area is 301 Å². The van der Waals surface area contributed by atoms with Crippen LogP contribution in [0.4, 0.5) is 0 Å². The van der Waals surface area contributed by atoms with Gasteiger partial charge in [0.2, 0.25) is 5.91 Å². The summed E-state index contributed by atoms with van der Waals surface area (Å²) in [5.41, 5.74) is 0.493. The number of likely N-dealkylation sites (tertiary alicyclic amines) is 1. The van der Waals surface area contributed by atoms with E-state index < -0.39 is 22.8 Å². The number of carboxylic acid groups (broad SMARTS) is 1. The predicted molar refractivity (Wildman–Crippen MR) is 194 cm³/mol. The minimum Gasteiger partial charge on any atom is -0.481 e. The third-order valence-electron chi connectivity index (χ3n) is 16.3. The quantitative estimate of drug-likeness (QED) is 0.199. The summed E-state index contributed by atoms with van der Waals surface area (Å²) in [6.07, 6.45) is 9.74. The third-order valence-corrected chi connectivity index (χ3v) is 16.3. The number of Topliss-reactive ketones (excluding diaryl/α,β-unsaturated/α-hetero) is 1. The Morgan fingerprint density at radius 1 is 0.980 bits per heavy atom. The predicted octanol–water partition coefficient (Wildman–Crippen LogP) is 7.59. The lowest BCUT2D eigenvalue weighted by Gasteiger charge is -2.70. The second kappa shape index (κ2) is 12.4. The number of hydrogen-bond acceptors (Lipinski definition) is 6. The summed E-state index contributed by atoms with van der Waals surface area (Å²) >= 11 is 0. The molecule has 0 radical (unpaired) electrons. The van der Waals surface area contributed by atoms with Gasteiger partial charge in [0.25, 0.3) is 0 Å². The number of esters is 1. The number of fused-ring (bicyclic) bond motifs is 6. The van der Waals surface area contributed by atoms with Gasteiger partial charge in [0, 0.05) is 30.3 Å². The zero-order valence-corrected chi connectivity index (χ0v) is 32.8. The number of carboxylic acids is 1. The Morgan fingerprint density at radius 2 is 1.68 bits per heavy atom. The first kappa shape index (κ1) is 37.5. The van der Waals surface area contributed by atoms with E-state index in [1.165, 1.54) is 11.1 Å². The van der Waals surface area contributed by atoms with Crippen LogP contribution in [0.2, 0.25) is 0 Å². The number of hydrogen-bond donors (Lipinski definition) is 2. The molecule has 0 aromatic carbocycles. The Bertz CT molecular complexity index is 1460. The molecule has 3 unspecified atom stereocenters. The van der Waals surface area contributed by atoms with Crippen LogP contribution in [0, 0.1) is 56.2 Å². The van der Waals surface area contributed by atoms with E-state index in [0.717, 1.165) is 70.8 Å². The molecule has 9 atom stereocenters. The lowest BCUT2D eigenvalue weighted by molar-refractivity contribution is -0.214. The summed E-state index contributed by atoms with van der Waals surface area (Å²) in [6, 6.07) is 0.364. The maximum atomic E-state index is 14.5. The fourth-order valence-corrected chi connectivity index (χ4v) is 13.2. The van der Waals surface area contributed by atoms with Crippen LogP contribution in [0.25, 0.3) is 0 Å². The number of carbonyl (C=O) groups excluding carboxylic acids is 3. The van der Waals surface area contributed by atoms with E-state index in [2.05, 4.69) is 65.7 Å². The van der Waals surface area contributed by atoms with Gasteiger partial charge in [-0.3, -0.25) is 19.2 Å². The Hall–Kier alpha value is -2.22. The smallest absolute Gasteiger partial charge is 0.309 e. The second-order valence-corrected chi connectivity index (χ2v) is 20.0. The van der Waals surface area contributed by atoms with Crippen molar-refractivity contribution in [3.05, 3.63) is 11.1 Å². The number of ether oxygens (including phenoxy) is 1. The van der Waals surface area contributed by atoms with Gasteiger partial charge in [-0.1, -0.05) is 54.0 Å². The molecule has 0 bridgehead atoms. The van der Waals surface area contributed by atoms with Crippen LogP contribution in [0.3, 0.4) is 0 Å². The zero-order chi connectivity index (χ0) is 36.8. The molecule has 6 rings (SSSR count). The fourth-order valence-electron chi connectivity index (χ4n) is 13.2. The highest BCUT2D eigenvalue weighted by Crippen LogP contribution is 2.76. The number of amides is 1. The minimum absolute atomic E-state index is 0.0201. The van der Waals surface area contributed by atoms with E-state index in [1.807, 2.05) is 0 Å². The van der Waals surface area contributed by atoms with Gasteiger partial charge in [-0.15, -0.1) is 0 Å². The molecule has 5 aliphatic carbocycles. The van der Waals surface area contributed by atoms with Crippen LogP contribution in [-0.4, -0.2) is 65.9 Å². The molecule has 6 aliphatic rings. The first-order valence-electron chi connectivity index (χ1n) is 19.8. The van der Waals surface area contributed by atoms with Gasteiger partial charge in [0.1, 0.15) is 11.9 Å². The van der Waals surface area contributed by atoms with Gasteiger partial charge < -0.3 is 20.1 Å². The van der Waals surface area contributed by atoms with Crippen molar-refractivity contribution in [3.8, 4) is 0 Å². The van der Waals surface area contributed by atoms with Gasteiger partial charge in [-0.25, -0.2) is 0 Å². The van der Waals surface area contributed by atoms with Gasteiger partial charge in [0.15, 0.2) is 0 Å². The summed E-state index contributed by atoms with van der Waals surface area (Å²) < 4.78 is 6.15. The highest BCUT2D eigenvalue weighted by atomic mass is 16.5. The molecule has 5 fully saturated rings. The van der Waals surface area contributed by atoms with Crippen LogP contribution in [0.1, 0.15) is 139 Å². The van der Waals surface area contributed by atoms with Crippen molar-refractivity contribution in [3.63, 3.8) is 0 Å². The van der Waals surface area contributed by atoms with E-state index in [4.69, 9.17) is 4.74 Å². The summed E-state index contributed by atoms with van der Waals surface area (Å²) in [7, 11) is 2.15. The summed E-state index contributed by atoms with van der Waals surface area (Å²) in [5, 5.41) is 13.0. The van der Waals surface area contributed by atoms with Gasteiger partial charge in [-0.2, -0.15) is 0 Å². The Morgan fingerprint density at radius 3 is 2.30 bits per heavy atom. The van der Waals surface area contributed by atoms with Crippen molar-refractivity contribution in [1.29, 1.82) is 0 Å². The Balaban J connectivity index is 1.30. The van der Waals surface area contributed by atoms with E-state index >= 15 is 0 Å².